The Labute approximate surface area is 393 Å². The molecule has 1 rings (SSSR count). The Morgan fingerprint density at radius 3 is 1.54 bits per heavy atom. The standard InChI is InChI=1S/C44H78N14O9/c1-10-26(8)36(58-37(61)27(9)45)43(67)57-33(18-25(6)7)41(65)56-34(19-29-20-49-22-51-29)42(66)53-30(12-11-15-50-44(47)48)38(62)54-32(17-24(4)5)40(64)55-31(16-23(2)3)39(63)52-28(21-59)13-14-35(46)60/h20-28,30-34,36H,10-19,45H2,1-9H3,(H2,46,60)(H,49,51)(H,52,63)(H,53,66)(H,54,62)(H,55,64)(H,56,65)(H,57,67)(H,58,61)(H4,47,48,50)/t26-,27-,28-,30-,31-,32-,33-,34-,36-/m0/s1. The zero-order valence-corrected chi connectivity index (χ0v) is 40.6. The van der Waals surface area contributed by atoms with Crippen molar-refractivity contribution in [1.29, 1.82) is 0 Å². The van der Waals surface area contributed by atoms with Crippen LogP contribution in [0.5, 0.6) is 0 Å². The monoisotopic (exact) mass is 947 g/mol. The van der Waals surface area contributed by atoms with Gasteiger partial charge in [0.25, 0.3) is 0 Å². The van der Waals surface area contributed by atoms with Crippen molar-refractivity contribution in [3.8, 4) is 0 Å². The normalized spacial score (nSPS) is 15.3. The van der Waals surface area contributed by atoms with Crippen LogP contribution in [-0.4, -0.2) is 124 Å². The molecule has 0 unspecified atom stereocenters. The van der Waals surface area contributed by atoms with Crippen LogP contribution in [0.1, 0.15) is 119 Å². The van der Waals surface area contributed by atoms with Gasteiger partial charge in [0.05, 0.1) is 18.4 Å². The third-order valence-corrected chi connectivity index (χ3v) is 10.6. The molecule has 16 N–H and O–H groups in total. The summed E-state index contributed by atoms with van der Waals surface area (Å²) in [7, 11) is 0. The summed E-state index contributed by atoms with van der Waals surface area (Å²) in [5, 5.41) is 18.9. The molecule has 0 fully saturated rings. The van der Waals surface area contributed by atoms with E-state index in [0.29, 0.717) is 18.4 Å². The van der Waals surface area contributed by atoms with Crippen molar-refractivity contribution < 1.29 is 43.2 Å². The lowest BCUT2D eigenvalue weighted by Crippen LogP contribution is -2.61. The predicted octanol–water partition coefficient (Wildman–Crippen LogP) is -1.60. The number of nitrogens with zero attached hydrogens (tertiary/aromatic N) is 2. The van der Waals surface area contributed by atoms with Gasteiger partial charge < -0.3 is 69.9 Å². The average Bonchev–Trinajstić information content (AvgIpc) is 3.76. The quantitative estimate of drug-likeness (QED) is 0.0168. The number of guanidine groups is 1. The molecule has 9 atom stereocenters. The highest BCUT2D eigenvalue weighted by molar-refractivity contribution is 5.97. The van der Waals surface area contributed by atoms with E-state index >= 15 is 0 Å². The lowest BCUT2D eigenvalue weighted by molar-refractivity contribution is -0.136. The number of aldehydes is 1. The highest BCUT2D eigenvalue weighted by Gasteiger charge is 2.35. The molecule has 0 aliphatic carbocycles. The minimum Gasteiger partial charge on any atom is -0.370 e. The Bertz CT molecular complexity index is 1800. The van der Waals surface area contributed by atoms with Crippen LogP contribution in [-0.2, 0) is 49.6 Å². The number of imidazole rings is 1. The van der Waals surface area contributed by atoms with Crippen molar-refractivity contribution in [2.45, 2.75) is 168 Å². The number of rotatable bonds is 32. The number of aromatic amines is 1. The van der Waals surface area contributed by atoms with E-state index in [1.165, 1.54) is 19.4 Å². The Morgan fingerprint density at radius 2 is 1.10 bits per heavy atom. The predicted molar refractivity (Wildman–Crippen MR) is 252 cm³/mol. The van der Waals surface area contributed by atoms with Gasteiger partial charge in [0.1, 0.15) is 42.5 Å². The van der Waals surface area contributed by atoms with Crippen LogP contribution >= 0.6 is 0 Å². The highest BCUT2D eigenvalue weighted by Crippen LogP contribution is 2.14. The second-order valence-electron chi connectivity index (χ2n) is 18.3. The first-order valence-corrected chi connectivity index (χ1v) is 23.0. The number of nitrogens with two attached hydrogens (primary N) is 4. The number of hydrogen-bond acceptors (Lipinski definition) is 12. The third-order valence-electron chi connectivity index (χ3n) is 10.6. The molecule has 0 bridgehead atoms. The second-order valence-corrected chi connectivity index (χ2v) is 18.3. The molecule has 0 saturated carbocycles. The van der Waals surface area contributed by atoms with Gasteiger partial charge in [-0.3, -0.25) is 43.3 Å². The molecule has 0 radical (unpaired) electrons. The first-order valence-electron chi connectivity index (χ1n) is 23.0. The molecule has 0 aliphatic heterocycles. The largest absolute Gasteiger partial charge is 0.370 e. The Hall–Kier alpha value is -6.13. The number of hydrogen-bond donors (Lipinski definition) is 12. The molecule has 1 aromatic heterocycles. The first kappa shape index (κ1) is 58.9. The molecule has 23 heteroatoms. The molecule has 0 spiro atoms. The number of primary amides is 1. The zero-order chi connectivity index (χ0) is 51.0. The van der Waals surface area contributed by atoms with Gasteiger partial charge in [0, 0.05) is 31.3 Å². The Morgan fingerprint density at radius 1 is 0.642 bits per heavy atom. The number of aromatic nitrogens is 2. The lowest BCUT2D eigenvalue weighted by atomic mass is 9.96. The number of carbonyl (C=O) groups is 9. The van der Waals surface area contributed by atoms with Crippen LogP contribution in [0.4, 0.5) is 0 Å². The van der Waals surface area contributed by atoms with Crippen LogP contribution in [0.15, 0.2) is 17.5 Å². The molecule has 67 heavy (non-hydrogen) atoms. The highest BCUT2D eigenvalue weighted by atomic mass is 16.2. The van der Waals surface area contributed by atoms with E-state index in [9.17, 15) is 43.2 Å². The van der Waals surface area contributed by atoms with Gasteiger partial charge in [0.2, 0.25) is 47.3 Å². The summed E-state index contributed by atoms with van der Waals surface area (Å²) in [5.74, 6) is -6.33. The van der Waals surface area contributed by atoms with E-state index in [4.69, 9.17) is 22.9 Å². The fourth-order valence-electron chi connectivity index (χ4n) is 6.80. The maximum Gasteiger partial charge on any atom is 0.243 e. The molecule has 23 nitrogen and oxygen atoms in total. The molecular formula is C44H78N14O9. The first-order chi connectivity index (χ1) is 31.4. The number of carbonyl (C=O) groups excluding carboxylic acids is 9. The van der Waals surface area contributed by atoms with Crippen LogP contribution < -0.4 is 60.2 Å². The van der Waals surface area contributed by atoms with Crippen molar-refractivity contribution in [1.82, 2.24) is 47.2 Å². The van der Waals surface area contributed by atoms with Crippen LogP contribution in [0.3, 0.4) is 0 Å². The Balaban J connectivity index is 3.56. The van der Waals surface area contributed by atoms with Gasteiger partial charge in [-0.15, -0.1) is 0 Å². The SMILES string of the molecule is CC[C@H](C)[C@H](NC(=O)[C@H](C)N)C(=O)N[C@@H](CC(C)C)C(=O)N[C@@H](Cc1cnc[nH]1)C(=O)N[C@@H](CCCN=C(N)N)C(=O)N[C@@H](CC(C)C)C(=O)N[C@@H](CC(C)C)C(=O)N[C@H](C=O)CCC(N)=O. The number of nitrogens with one attached hydrogen (secondary N) is 8. The van der Waals surface area contributed by atoms with Gasteiger partial charge in [-0.05, 0) is 69.1 Å². The van der Waals surface area contributed by atoms with Crippen molar-refractivity contribution >= 4 is 59.5 Å². The summed E-state index contributed by atoms with van der Waals surface area (Å²) in [4.78, 5) is 130. The number of H-pyrrole nitrogens is 1. The van der Waals surface area contributed by atoms with Gasteiger partial charge in [-0.1, -0.05) is 61.8 Å². The average molecular weight is 947 g/mol. The van der Waals surface area contributed by atoms with Crippen molar-refractivity contribution in [3.63, 3.8) is 0 Å². The van der Waals surface area contributed by atoms with E-state index < -0.39 is 95.6 Å². The molecular weight excluding hydrogens is 869 g/mol. The van der Waals surface area contributed by atoms with Gasteiger partial charge in [0.15, 0.2) is 5.96 Å². The van der Waals surface area contributed by atoms with Gasteiger partial charge >= 0.3 is 0 Å². The molecule has 8 amide bonds. The molecule has 378 valence electrons. The topological polar surface area (TPSA) is 383 Å². The second kappa shape index (κ2) is 30.2. The minimum absolute atomic E-state index is 0.0258. The summed E-state index contributed by atoms with van der Waals surface area (Å²) in [6, 6.07) is -9.08. The van der Waals surface area contributed by atoms with Crippen LogP contribution in [0.2, 0.25) is 0 Å². The molecule has 1 aromatic rings. The molecule has 0 aliphatic rings. The summed E-state index contributed by atoms with van der Waals surface area (Å²) in [6.07, 6.45) is 4.14. The van der Waals surface area contributed by atoms with Crippen LogP contribution in [0.25, 0.3) is 0 Å². The minimum atomic E-state index is -1.33. The van der Waals surface area contributed by atoms with Gasteiger partial charge in [-0.25, -0.2) is 4.98 Å². The van der Waals surface area contributed by atoms with E-state index in [1.54, 1.807) is 6.92 Å². The van der Waals surface area contributed by atoms with E-state index in [0.717, 1.165) is 0 Å². The third kappa shape index (κ3) is 23.2. The van der Waals surface area contributed by atoms with Crippen molar-refractivity contribution in [2.24, 2.45) is 51.6 Å². The number of amides is 8. The summed E-state index contributed by atoms with van der Waals surface area (Å²) >= 11 is 0. The fourth-order valence-corrected chi connectivity index (χ4v) is 6.80. The van der Waals surface area contributed by atoms with Crippen LogP contribution in [0, 0.1) is 23.7 Å². The number of aliphatic imine (C=N–C) groups is 1. The summed E-state index contributed by atoms with van der Waals surface area (Å²) < 4.78 is 0. The summed E-state index contributed by atoms with van der Waals surface area (Å²) in [5.41, 5.74) is 22.5. The van der Waals surface area contributed by atoms with Crippen molar-refractivity contribution in [2.75, 3.05) is 6.54 Å². The van der Waals surface area contributed by atoms with E-state index in [1.807, 2.05) is 48.5 Å². The fraction of sp³-hybridized carbons (Fsp3) is 0.705. The molecule has 0 aromatic carbocycles. The molecule has 0 saturated heterocycles. The molecule has 1 heterocycles. The van der Waals surface area contributed by atoms with Crippen molar-refractivity contribution in [3.05, 3.63) is 18.2 Å². The summed E-state index contributed by atoms with van der Waals surface area (Å²) in [6.45, 7) is 16.2. The smallest absolute Gasteiger partial charge is 0.243 e. The van der Waals surface area contributed by atoms with E-state index in [2.05, 4.69) is 52.2 Å². The Kier molecular flexibility index (Phi) is 26.6. The maximum absolute atomic E-state index is 14.3. The van der Waals surface area contributed by atoms with Gasteiger partial charge in [-0.2, -0.15) is 0 Å². The maximum atomic E-state index is 14.3. The lowest BCUT2D eigenvalue weighted by Gasteiger charge is -2.29. The van der Waals surface area contributed by atoms with E-state index in [-0.39, 0.29) is 87.5 Å². The zero-order valence-electron chi connectivity index (χ0n) is 40.6.